The lowest BCUT2D eigenvalue weighted by molar-refractivity contribution is -0.104. The molecule has 2 aromatic rings. The van der Waals surface area contributed by atoms with E-state index in [1.54, 1.807) is 18.2 Å². The fraction of sp³-hybridized carbons (Fsp3) is 0. The van der Waals surface area contributed by atoms with Gasteiger partial charge in [0, 0.05) is 16.6 Å². The predicted octanol–water partition coefficient (Wildman–Crippen LogP) is 2.25. The second-order valence-corrected chi connectivity index (χ2v) is 3.13. The summed E-state index contributed by atoms with van der Waals surface area (Å²) in [6, 6.07) is 9.43. The predicted molar refractivity (Wildman–Crippen MR) is 58.1 cm³/mol. The molecule has 0 unspecified atom stereocenters. The van der Waals surface area contributed by atoms with Gasteiger partial charge in [-0.2, -0.15) is 5.26 Å². The summed E-state index contributed by atoms with van der Waals surface area (Å²) in [5.41, 5.74) is 2.38. The third kappa shape index (κ3) is 1.79. The van der Waals surface area contributed by atoms with Crippen LogP contribution in [0.25, 0.3) is 17.0 Å². The van der Waals surface area contributed by atoms with E-state index >= 15 is 0 Å². The SMILES string of the molecule is N#Cc1ccc2cc(C=CC=O)[nH]c2c1. The van der Waals surface area contributed by atoms with Crippen molar-refractivity contribution in [3.63, 3.8) is 0 Å². The fourth-order valence-electron chi connectivity index (χ4n) is 1.45. The molecule has 0 radical (unpaired) electrons. The van der Waals surface area contributed by atoms with Crippen molar-refractivity contribution in [1.29, 1.82) is 5.26 Å². The number of aromatic amines is 1. The number of nitriles is 1. The van der Waals surface area contributed by atoms with Crippen molar-refractivity contribution in [1.82, 2.24) is 4.98 Å². The van der Waals surface area contributed by atoms with Crippen molar-refractivity contribution in [3.05, 3.63) is 41.6 Å². The first kappa shape index (κ1) is 9.22. The van der Waals surface area contributed by atoms with E-state index in [1.807, 2.05) is 12.1 Å². The molecule has 15 heavy (non-hydrogen) atoms. The number of fused-ring (bicyclic) bond motifs is 1. The Morgan fingerprint density at radius 1 is 1.33 bits per heavy atom. The summed E-state index contributed by atoms with van der Waals surface area (Å²) in [5, 5.41) is 9.75. The molecule has 1 N–H and O–H groups in total. The van der Waals surface area contributed by atoms with Crippen molar-refractivity contribution in [2.24, 2.45) is 0 Å². The summed E-state index contributed by atoms with van der Waals surface area (Å²) < 4.78 is 0. The van der Waals surface area contributed by atoms with Gasteiger partial charge in [-0.15, -0.1) is 0 Å². The number of carbonyl (C=O) groups excluding carboxylic acids is 1. The maximum atomic E-state index is 10.2. The lowest BCUT2D eigenvalue weighted by atomic mass is 10.2. The van der Waals surface area contributed by atoms with E-state index in [0.717, 1.165) is 22.9 Å². The van der Waals surface area contributed by atoms with Crippen molar-refractivity contribution < 1.29 is 4.79 Å². The van der Waals surface area contributed by atoms with Crippen molar-refractivity contribution in [2.75, 3.05) is 0 Å². The van der Waals surface area contributed by atoms with Gasteiger partial charge in [-0.3, -0.25) is 4.79 Å². The molecular weight excluding hydrogens is 188 g/mol. The van der Waals surface area contributed by atoms with Gasteiger partial charge in [0.05, 0.1) is 11.6 Å². The normalized spacial score (nSPS) is 10.6. The van der Waals surface area contributed by atoms with Gasteiger partial charge in [0.25, 0.3) is 0 Å². The van der Waals surface area contributed by atoms with Gasteiger partial charge in [0.2, 0.25) is 0 Å². The summed E-state index contributed by atoms with van der Waals surface area (Å²) in [7, 11) is 0. The lowest BCUT2D eigenvalue weighted by Crippen LogP contribution is -1.73. The lowest BCUT2D eigenvalue weighted by Gasteiger charge is -1.88. The summed E-state index contributed by atoms with van der Waals surface area (Å²) in [6.45, 7) is 0. The molecule has 0 aliphatic rings. The third-order valence-electron chi connectivity index (χ3n) is 2.13. The largest absolute Gasteiger partial charge is 0.355 e. The van der Waals surface area contributed by atoms with E-state index in [0.29, 0.717) is 5.56 Å². The van der Waals surface area contributed by atoms with Gasteiger partial charge in [-0.05, 0) is 30.4 Å². The van der Waals surface area contributed by atoms with Crippen LogP contribution in [0.3, 0.4) is 0 Å². The van der Waals surface area contributed by atoms with Crippen LogP contribution >= 0.6 is 0 Å². The van der Waals surface area contributed by atoms with Crippen molar-refractivity contribution >= 4 is 23.3 Å². The van der Waals surface area contributed by atoms with Crippen LogP contribution in [0, 0.1) is 11.3 Å². The number of hydrogen-bond acceptors (Lipinski definition) is 2. The van der Waals surface area contributed by atoms with Gasteiger partial charge >= 0.3 is 0 Å². The number of aromatic nitrogens is 1. The highest BCUT2D eigenvalue weighted by atomic mass is 16.1. The average molecular weight is 196 g/mol. The second kappa shape index (κ2) is 3.81. The number of nitrogens with zero attached hydrogens (tertiary/aromatic N) is 1. The molecule has 2 rings (SSSR count). The van der Waals surface area contributed by atoms with Gasteiger partial charge in [0.15, 0.2) is 0 Å². The molecule has 72 valence electrons. The van der Waals surface area contributed by atoms with Gasteiger partial charge in [0.1, 0.15) is 6.29 Å². The Morgan fingerprint density at radius 3 is 2.93 bits per heavy atom. The Labute approximate surface area is 86.6 Å². The van der Waals surface area contributed by atoms with E-state index < -0.39 is 0 Å². The zero-order valence-electron chi connectivity index (χ0n) is 7.90. The average Bonchev–Trinajstić information content (AvgIpc) is 2.67. The number of rotatable bonds is 2. The number of nitrogens with one attached hydrogen (secondary N) is 1. The first-order valence-corrected chi connectivity index (χ1v) is 4.48. The van der Waals surface area contributed by atoms with Crippen LogP contribution < -0.4 is 0 Å². The number of carbonyl (C=O) groups is 1. The van der Waals surface area contributed by atoms with E-state index in [9.17, 15) is 4.79 Å². The number of H-pyrrole nitrogens is 1. The molecule has 0 aliphatic carbocycles. The van der Waals surface area contributed by atoms with Crippen LogP contribution in [0.15, 0.2) is 30.3 Å². The van der Waals surface area contributed by atoms with E-state index in [-0.39, 0.29) is 0 Å². The number of hydrogen-bond donors (Lipinski definition) is 1. The first-order chi connectivity index (χ1) is 7.33. The molecule has 0 saturated carbocycles. The summed E-state index contributed by atoms with van der Waals surface area (Å²) in [6.07, 6.45) is 3.85. The molecule has 0 saturated heterocycles. The summed E-state index contributed by atoms with van der Waals surface area (Å²) >= 11 is 0. The van der Waals surface area contributed by atoms with Crippen LogP contribution in [0.5, 0.6) is 0 Å². The Kier molecular flexibility index (Phi) is 2.34. The number of aldehydes is 1. The quantitative estimate of drug-likeness (QED) is 0.591. The van der Waals surface area contributed by atoms with Crippen LogP contribution in [0.2, 0.25) is 0 Å². The minimum absolute atomic E-state index is 0.621. The Balaban J connectivity index is 2.52. The molecule has 1 heterocycles. The molecule has 0 fully saturated rings. The zero-order valence-corrected chi connectivity index (χ0v) is 7.90. The topological polar surface area (TPSA) is 56.6 Å². The van der Waals surface area contributed by atoms with Crippen molar-refractivity contribution in [3.8, 4) is 6.07 Å². The van der Waals surface area contributed by atoms with Gasteiger partial charge < -0.3 is 4.98 Å². The van der Waals surface area contributed by atoms with Gasteiger partial charge in [-0.25, -0.2) is 0 Å². The monoisotopic (exact) mass is 196 g/mol. The second-order valence-electron chi connectivity index (χ2n) is 3.13. The van der Waals surface area contributed by atoms with E-state index in [1.165, 1.54) is 6.08 Å². The fourth-order valence-corrected chi connectivity index (χ4v) is 1.45. The molecule has 1 aromatic heterocycles. The molecule has 0 aliphatic heterocycles. The van der Waals surface area contributed by atoms with Crippen LogP contribution in [0.1, 0.15) is 11.3 Å². The summed E-state index contributed by atoms with van der Waals surface area (Å²) in [4.78, 5) is 13.3. The molecule has 0 spiro atoms. The zero-order chi connectivity index (χ0) is 10.7. The summed E-state index contributed by atoms with van der Waals surface area (Å²) in [5.74, 6) is 0. The highest BCUT2D eigenvalue weighted by Crippen LogP contribution is 2.17. The van der Waals surface area contributed by atoms with E-state index in [4.69, 9.17) is 5.26 Å². The molecule has 3 nitrogen and oxygen atoms in total. The molecular formula is C12H8N2O. The smallest absolute Gasteiger partial charge is 0.142 e. The maximum absolute atomic E-state index is 10.2. The standard InChI is InChI=1S/C12H8N2O/c13-8-9-3-4-10-7-11(2-1-5-15)14-12(10)6-9/h1-7,14H. The highest BCUT2D eigenvalue weighted by Gasteiger charge is 1.99. The number of benzene rings is 1. The van der Waals surface area contributed by atoms with Crippen LogP contribution in [0.4, 0.5) is 0 Å². The molecule has 0 atom stereocenters. The highest BCUT2D eigenvalue weighted by molar-refractivity contribution is 5.85. The molecule has 0 amide bonds. The molecule has 0 bridgehead atoms. The van der Waals surface area contributed by atoms with Crippen molar-refractivity contribution in [2.45, 2.75) is 0 Å². The maximum Gasteiger partial charge on any atom is 0.142 e. The third-order valence-corrected chi connectivity index (χ3v) is 2.13. The Bertz CT molecular complexity index is 573. The number of allylic oxidation sites excluding steroid dienone is 1. The minimum Gasteiger partial charge on any atom is -0.355 e. The van der Waals surface area contributed by atoms with Gasteiger partial charge in [-0.1, -0.05) is 6.07 Å². The molecule has 1 aromatic carbocycles. The van der Waals surface area contributed by atoms with Crippen LogP contribution in [-0.2, 0) is 4.79 Å². The van der Waals surface area contributed by atoms with E-state index in [2.05, 4.69) is 11.1 Å². The Morgan fingerprint density at radius 2 is 2.20 bits per heavy atom. The minimum atomic E-state index is 0.621. The Hall–Kier alpha value is -2.34. The molecule has 3 heteroatoms. The first-order valence-electron chi connectivity index (χ1n) is 4.48. The van der Waals surface area contributed by atoms with Crippen LogP contribution in [-0.4, -0.2) is 11.3 Å².